The topological polar surface area (TPSA) is 58.2 Å². The number of hydrogen-bond donors (Lipinski definition) is 2. The summed E-state index contributed by atoms with van der Waals surface area (Å²) in [6.07, 6.45) is -3.16. The van der Waals surface area contributed by atoms with Crippen molar-refractivity contribution >= 4 is 10.0 Å². The molecule has 0 radical (unpaired) electrons. The minimum absolute atomic E-state index is 0.151. The number of halogens is 3. The Morgan fingerprint density at radius 3 is 2.38 bits per heavy atom. The predicted molar refractivity (Wildman–Crippen MR) is 72.3 cm³/mol. The zero-order valence-corrected chi connectivity index (χ0v) is 12.3. The van der Waals surface area contributed by atoms with Crippen molar-refractivity contribution in [2.45, 2.75) is 42.9 Å². The first-order chi connectivity index (χ1) is 9.68. The average molecular weight is 322 g/mol. The fourth-order valence-electron chi connectivity index (χ4n) is 2.35. The third-order valence-electron chi connectivity index (χ3n) is 3.44. The van der Waals surface area contributed by atoms with Gasteiger partial charge < -0.3 is 5.32 Å². The van der Waals surface area contributed by atoms with E-state index in [0.717, 1.165) is 24.3 Å². The number of hydrogen-bond acceptors (Lipinski definition) is 3. The molecule has 0 saturated carbocycles. The first-order valence-corrected chi connectivity index (χ1v) is 8.10. The lowest BCUT2D eigenvalue weighted by Gasteiger charge is -2.28. The van der Waals surface area contributed by atoms with E-state index in [9.17, 15) is 21.6 Å². The van der Waals surface area contributed by atoms with Gasteiger partial charge in [-0.3, -0.25) is 0 Å². The number of alkyl halides is 3. The van der Waals surface area contributed by atoms with Crippen LogP contribution in [0.1, 0.15) is 25.3 Å². The van der Waals surface area contributed by atoms with E-state index in [4.69, 9.17) is 0 Å². The third-order valence-corrected chi connectivity index (χ3v) is 4.97. The van der Waals surface area contributed by atoms with E-state index in [1.54, 1.807) is 0 Å². The Bertz CT molecular complexity index is 584. The fourth-order valence-corrected chi connectivity index (χ4v) is 3.63. The van der Waals surface area contributed by atoms with Crippen LogP contribution in [-0.4, -0.2) is 27.0 Å². The van der Waals surface area contributed by atoms with E-state index in [-0.39, 0.29) is 17.0 Å². The molecule has 2 atom stereocenters. The molecule has 1 aliphatic heterocycles. The molecule has 1 fully saturated rings. The van der Waals surface area contributed by atoms with Gasteiger partial charge in [-0.05, 0) is 50.6 Å². The second-order valence-electron chi connectivity index (χ2n) is 5.22. The van der Waals surface area contributed by atoms with E-state index in [2.05, 4.69) is 10.0 Å². The highest BCUT2D eigenvalue weighted by Gasteiger charge is 2.31. The predicted octanol–water partition coefficient (Wildman–Crippen LogP) is 2.12. The highest BCUT2D eigenvalue weighted by Crippen LogP contribution is 2.29. The largest absolute Gasteiger partial charge is 0.416 e. The molecule has 21 heavy (non-hydrogen) atoms. The van der Waals surface area contributed by atoms with Gasteiger partial charge in [0.1, 0.15) is 0 Å². The summed E-state index contributed by atoms with van der Waals surface area (Å²) in [5, 5.41) is 3.20. The minimum atomic E-state index is -4.47. The van der Waals surface area contributed by atoms with Gasteiger partial charge in [-0.1, -0.05) is 0 Å². The van der Waals surface area contributed by atoms with Crippen LogP contribution in [0.25, 0.3) is 0 Å². The zero-order valence-electron chi connectivity index (χ0n) is 11.4. The molecule has 2 N–H and O–H groups in total. The summed E-state index contributed by atoms with van der Waals surface area (Å²) in [4.78, 5) is -0.151. The Kier molecular flexibility index (Phi) is 4.60. The second-order valence-corrected chi connectivity index (χ2v) is 6.93. The number of piperidine rings is 1. The summed E-state index contributed by atoms with van der Waals surface area (Å²) in [7, 11) is -3.79. The van der Waals surface area contributed by atoms with Crippen molar-refractivity contribution in [2.75, 3.05) is 6.54 Å². The molecule has 2 unspecified atom stereocenters. The van der Waals surface area contributed by atoms with Crippen molar-refractivity contribution in [3.63, 3.8) is 0 Å². The van der Waals surface area contributed by atoms with Gasteiger partial charge in [0, 0.05) is 12.1 Å². The van der Waals surface area contributed by atoms with E-state index < -0.39 is 21.8 Å². The number of nitrogens with one attached hydrogen (secondary N) is 2. The molecular formula is C13H17F3N2O2S. The second kappa shape index (κ2) is 5.94. The highest BCUT2D eigenvalue weighted by atomic mass is 32.2. The standard InChI is InChI=1S/C13H17F3N2O2S/c1-9-8-11(6-7-17-9)18-21(19,20)12-4-2-10(3-5-12)13(14,15)16/h2-5,9,11,17-18H,6-8H2,1H3. The first kappa shape index (κ1) is 16.3. The van der Waals surface area contributed by atoms with Gasteiger partial charge in [0.25, 0.3) is 0 Å². The van der Waals surface area contributed by atoms with Crippen LogP contribution in [0, 0.1) is 0 Å². The Hall–Kier alpha value is -1.12. The Morgan fingerprint density at radius 1 is 1.24 bits per heavy atom. The van der Waals surface area contributed by atoms with Crippen LogP contribution in [0.15, 0.2) is 29.2 Å². The van der Waals surface area contributed by atoms with Crippen LogP contribution in [0.5, 0.6) is 0 Å². The van der Waals surface area contributed by atoms with Crippen molar-refractivity contribution < 1.29 is 21.6 Å². The monoisotopic (exact) mass is 322 g/mol. The molecule has 118 valence electrons. The number of benzene rings is 1. The zero-order chi connectivity index (χ0) is 15.7. The smallest absolute Gasteiger partial charge is 0.314 e. The summed E-state index contributed by atoms with van der Waals surface area (Å²) >= 11 is 0. The molecule has 1 aliphatic rings. The van der Waals surface area contributed by atoms with Gasteiger partial charge in [-0.25, -0.2) is 13.1 Å². The van der Waals surface area contributed by atoms with Gasteiger partial charge in [0.2, 0.25) is 10.0 Å². The molecule has 8 heteroatoms. The van der Waals surface area contributed by atoms with Crippen LogP contribution >= 0.6 is 0 Å². The summed E-state index contributed by atoms with van der Waals surface area (Å²) in [5.74, 6) is 0. The minimum Gasteiger partial charge on any atom is -0.314 e. The van der Waals surface area contributed by atoms with Crippen molar-refractivity contribution in [3.8, 4) is 0 Å². The van der Waals surface area contributed by atoms with Crippen LogP contribution in [0.3, 0.4) is 0 Å². The van der Waals surface area contributed by atoms with Crippen LogP contribution < -0.4 is 10.0 Å². The van der Waals surface area contributed by atoms with Crippen molar-refractivity contribution in [3.05, 3.63) is 29.8 Å². The molecule has 0 amide bonds. The lowest BCUT2D eigenvalue weighted by molar-refractivity contribution is -0.137. The third kappa shape index (κ3) is 4.18. The Morgan fingerprint density at radius 2 is 1.86 bits per heavy atom. The quantitative estimate of drug-likeness (QED) is 0.896. The molecule has 4 nitrogen and oxygen atoms in total. The lowest BCUT2D eigenvalue weighted by Crippen LogP contribution is -2.46. The molecule has 0 bridgehead atoms. The van der Waals surface area contributed by atoms with Gasteiger partial charge in [0.05, 0.1) is 10.5 Å². The van der Waals surface area contributed by atoms with E-state index >= 15 is 0 Å². The molecule has 0 spiro atoms. The summed E-state index contributed by atoms with van der Waals surface area (Å²) in [6.45, 7) is 2.67. The van der Waals surface area contributed by atoms with Gasteiger partial charge >= 0.3 is 6.18 Å². The maximum Gasteiger partial charge on any atom is 0.416 e. The molecule has 1 aromatic rings. The summed E-state index contributed by atoms with van der Waals surface area (Å²) in [6, 6.07) is 3.53. The number of sulfonamides is 1. The summed E-state index contributed by atoms with van der Waals surface area (Å²) in [5.41, 5.74) is -0.864. The van der Waals surface area contributed by atoms with Crippen molar-refractivity contribution in [1.29, 1.82) is 0 Å². The van der Waals surface area contributed by atoms with Crippen LogP contribution in [0.2, 0.25) is 0 Å². The molecular weight excluding hydrogens is 305 g/mol. The molecule has 2 rings (SSSR count). The molecule has 0 aliphatic carbocycles. The normalized spacial score (nSPS) is 24.0. The fraction of sp³-hybridized carbons (Fsp3) is 0.538. The van der Waals surface area contributed by atoms with Gasteiger partial charge in [-0.15, -0.1) is 0 Å². The molecule has 0 aromatic heterocycles. The molecule has 1 aromatic carbocycles. The van der Waals surface area contributed by atoms with E-state index in [1.165, 1.54) is 0 Å². The SMILES string of the molecule is CC1CC(NS(=O)(=O)c2ccc(C(F)(F)F)cc2)CCN1. The Balaban J connectivity index is 2.12. The molecule has 1 saturated heterocycles. The Labute approximate surface area is 121 Å². The lowest BCUT2D eigenvalue weighted by atomic mass is 10.0. The van der Waals surface area contributed by atoms with Crippen LogP contribution in [0.4, 0.5) is 13.2 Å². The van der Waals surface area contributed by atoms with E-state index in [1.807, 2.05) is 6.92 Å². The maximum absolute atomic E-state index is 12.5. The van der Waals surface area contributed by atoms with E-state index in [0.29, 0.717) is 19.4 Å². The molecule has 1 heterocycles. The van der Waals surface area contributed by atoms with Crippen molar-refractivity contribution in [2.24, 2.45) is 0 Å². The van der Waals surface area contributed by atoms with Crippen molar-refractivity contribution in [1.82, 2.24) is 10.0 Å². The summed E-state index contributed by atoms with van der Waals surface area (Å²) < 4.78 is 64.2. The van der Waals surface area contributed by atoms with Gasteiger partial charge in [-0.2, -0.15) is 13.2 Å². The van der Waals surface area contributed by atoms with Gasteiger partial charge in [0.15, 0.2) is 0 Å². The number of rotatable bonds is 3. The highest BCUT2D eigenvalue weighted by molar-refractivity contribution is 7.89. The average Bonchev–Trinajstić information content (AvgIpc) is 2.37. The maximum atomic E-state index is 12.5. The van der Waals surface area contributed by atoms with Crippen LogP contribution in [-0.2, 0) is 16.2 Å². The first-order valence-electron chi connectivity index (χ1n) is 6.61.